The topological polar surface area (TPSA) is 40.8 Å². The first kappa shape index (κ1) is 20.8. The van der Waals surface area contributed by atoms with Crippen molar-refractivity contribution in [1.29, 1.82) is 0 Å². The molecule has 130 valence electrons. The molecular weight excluding hydrogens is 334 g/mol. The van der Waals surface area contributed by atoms with E-state index in [2.05, 4.69) is 0 Å². The summed E-state index contributed by atoms with van der Waals surface area (Å²) in [6, 6.07) is 0. The van der Waals surface area contributed by atoms with Crippen LogP contribution >= 0.6 is 0 Å². The molecule has 0 saturated heterocycles. The van der Waals surface area contributed by atoms with Crippen molar-refractivity contribution in [1.82, 2.24) is 0 Å². The van der Waals surface area contributed by atoms with Crippen molar-refractivity contribution < 1.29 is 40.3 Å². The second-order valence-corrected chi connectivity index (χ2v) is 10.5. The van der Waals surface area contributed by atoms with E-state index in [1.807, 2.05) is 0 Å². The molecule has 0 rings (SSSR count). The monoisotopic (exact) mass is 353 g/mol. The van der Waals surface area contributed by atoms with Gasteiger partial charge >= 0.3 is 26.6 Å². The predicted octanol–water partition coefficient (Wildman–Crippen LogP) is 4.49. The van der Waals surface area contributed by atoms with Gasteiger partial charge in [0, 0.05) is 0 Å². The number of halogens is 6. The number of alkyl halides is 6. The SMILES string of the molecule is C[O+]=C(O[Si](C)(C)C)C(C)(C)C(O)=C(C(F)(F)F)C(F)(F)F. The molecule has 0 amide bonds. The number of carbonyl (C=O) groups excluding carboxylic acids is 1. The third-order valence-electron chi connectivity index (χ3n) is 2.49. The first-order chi connectivity index (χ1) is 9.44. The van der Waals surface area contributed by atoms with Crippen LogP contribution in [-0.4, -0.2) is 38.9 Å². The molecule has 0 aliphatic rings. The zero-order chi connectivity index (χ0) is 18.1. The molecule has 0 radical (unpaired) electrons. The lowest BCUT2D eigenvalue weighted by Crippen LogP contribution is -2.41. The van der Waals surface area contributed by atoms with Gasteiger partial charge in [0.25, 0.3) is 0 Å². The molecule has 3 nitrogen and oxygen atoms in total. The Hall–Kier alpha value is -1.19. The summed E-state index contributed by atoms with van der Waals surface area (Å²) >= 11 is 0. The summed E-state index contributed by atoms with van der Waals surface area (Å²) in [4.78, 5) is 0. The van der Waals surface area contributed by atoms with Gasteiger partial charge < -0.3 is 14.0 Å². The lowest BCUT2D eigenvalue weighted by atomic mass is 9.87. The van der Waals surface area contributed by atoms with E-state index in [1.54, 1.807) is 19.6 Å². The normalized spacial score (nSPS) is 14.8. The van der Waals surface area contributed by atoms with E-state index in [0.29, 0.717) is 0 Å². The van der Waals surface area contributed by atoms with Crippen LogP contribution in [0.25, 0.3) is 0 Å². The third kappa shape index (κ3) is 5.22. The highest BCUT2D eigenvalue weighted by molar-refractivity contribution is 6.71. The molecular formula is C12H19F6O3Si+. The number of allylic oxidation sites excluding steroid dienone is 1. The molecule has 0 unspecified atom stereocenters. The van der Waals surface area contributed by atoms with Gasteiger partial charge in [-0.05, 0) is 33.5 Å². The molecule has 0 aliphatic carbocycles. The lowest BCUT2D eigenvalue weighted by Gasteiger charge is -2.25. The van der Waals surface area contributed by atoms with Crippen molar-refractivity contribution in [3.8, 4) is 0 Å². The highest BCUT2D eigenvalue weighted by Gasteiger charge is 2.58. The summed E-state index contributed by atoms with van der Waals surface area (Å²) in [5.74, 6) is -2.40. The molecule has 0 aromatic heterocycles. The largest absolute Gasteiger partial charge is 0.510 e. The van der Waals surface area contributed by atoms with Crippen molar-refractivity contribution in [2.45, 2.75) is 45.8 Å². The van der Waals surface area contributed by atoms with Gasteiger partial charge in [-0.3, -0.25) is 0 Å². The van der Waals surface area contributed by atoms with E-state index >= 15 is 0 Å². The van der Waals surface area contributed by atoms with Crippen LogP contribution in [0.15, 0.2) is 11.3 Å². The molecule has 22 heavy (non-hydrogen) atoms. The fraction of sp³-hybridized carbons (Fsp3) is 0.750. The minimum atomic E-state index is -5.77. The predicted molar refractivity (Wildman–Crippen MR) is 70.9 cm³/mol. The summed E-state index contributed by atoms with van der Waals surface area (Å²) in [6.07, 6.45) is -11.5. The van der Waals surface area contributed by atoms with Crippen molar-refractivity contribution in [3.05, 3.63) is 11.3 Å². The molecule has 0 fully saturated rings. The van der Waals surface area contributed by atoms with Gasteiger partial charge in [0.15, 0.2) is 18.1 Å². The Labute approximate surface area is 125 Å². The quantitative estimate of drug-likeness (QED) is 0.351. The van der Waals surface area contributed by atoms with Crippen molar-refractivity contribution in [3.63, 3.8) is 0 Å². The minimum Gasteiger partial charge on any atom is -0.510 e. The number of rotatable bonds is 3. The van der Waals surface area contributed by atoms with Crippen LogP contribution in [0, 0.1) is 5.41 Å². The maximum absolute atomic E-state index is 12.7. The highest BCUT2D eigenvalue weighted by Crippen LogP contribution is 2.44. The van der Waals surface area contributed by atoms with E-state index in [0.717, 1.165) is 21.0 Å². The molecule has 0 heterocycles. The van der Waals surface area contributed by atoms with E-state index in [4.69, 9.17) is 8.85 Å². The fourth-order valence-corrected chi connectivity index (χ4v) is 2.44. The van der Waals surface area contributed by atoms with Gasteiger partial charge in [0.1, 0.15) is 5.76 Å². The average Bonchev–Trinajstić information content (AvgIpc) is 2.19. The molecule has 0 saturated carbocycles. The van der Waals surface area contributed by atoms with Crippen molar-refractivity contribution in [2.24, 2.45) is 5.41 Å². The molecule has 10 heteroatoms. The van der Waals surface area contributed by atoms with E-state index < -0.39 is 43.4 Å². The van der Waals surface area contributed by atoms with E-state index in [-0.39, 0.29) is 0 Å². The maximum atomic E-state index is 12.7. The van der Waals surface area contributed by atoms with Gasteiger partial charge in [0.2, 0.25) is 0 Å². The van der Waals surface area contributed by atoms with Crippen LogP contribution in [0.3, 0.4) is 0 Å². The minimum absolute atomic E-state index is 0.504. The van der Waals surface area contributed by atoms with Gasteiger partial charge in [-0.2, -0.15) is 26.3 Å². The molecule has 0 aromatic carbocycles. The standard InChI is InChI=1S/C12H18F6O3Si/c1-10(2,9(20-3)21-22(4,5)6)8(19)7(11(13,14)15)12(16,17)18/h1-6H3/p+1. The van der Waals surface area contributed by atoms with Crippen LogP contribution < -0.4 is 0 Å². The zero-order valence-corrected chi connectivity index (χ0v) is 14.0. The number of aliphatic hydroxyl groups is 1. The Morgan fingerprint density at radius 2 is 1.32 bits per heavy atom. The molecule has 0 aliphatic heterocycles. The summed E-state index contributed by atoms with van der Waals surface area (Å²) in [5.41, 5.74) is -5.10. The van der Waals surface area contributed by atoms with Gasteiger partial charge in [-0.25, -0.2) is 0 Å². The van der Waals surface area contributed by atoms with Gasteiger partial charge in [0.05, 0.1) is 0 Å². The van der Waals surface area contributed by atoms with Gasteiger partial charge in [-0.15, -0.1) is 0 Å². The summed E-state index contributed by atoms with van der Waals surface area (Å²) in [6.45, 7) is 6.91. The van der Waals surface area contributed by atoms with E-state index in [9.17, 15) is 31.4 Å². The van der Waals surface area contributed by atoms with E-state index in [1.165, 1.54) is 0 Å². The Bertz CT molecular complexity index is 453. The highest BCUT2D eigenvalue weighted by atomic mass is 28.4. The Morgan fingerprint density at radius 3 is 1.55 bits per heavy atom. The third-order valence-corrected chi connectivity index (χ3v) is 3.29. The molecule has 0 aromatic rings. The zero-order valence-electron chi connectivity index (χ0n) is 13.0. The van der Waals surface area contributed by atoms with Crippen molar-refractivity contribution in [2.75, 3.05) is 7.11 Å². The summed E-state index contributed by atoms with van der Waals surface area (Å²) < 4.78 is 86.2. The Balaban J connectivity index is 6.19. The second-order valence-electron chi connectivity index (χ2n) is 6.05. The first-order valence-corrected chi connectivity index (χ1v) is 9.54. The number of aliphatic hydroxyl groups excluding tert-OH is 1. The summed E-state index contributed by atoms with van der Waals surface area (Å²) in [7, 11) is -1.33. The molecule has 0 bridgehead atoms. The van der Waals surface area contributed by atoms with Gasteiger partial charge in [-0.1, -0.05) is 0 Å². The van der Waals surface area contributed by atoms with Crippen LogP contribution in [0.4, 0.5) is 26.3 Å². The van der Waals surface area contributed by atoms with Crippen LogP contribution in [0.1, 0.15) is 13.8 Å². The fourth-order valence-electron chi connectivity index (χ4n) is 1.54. The second kappa shape index (κ2) is 6.13. The lowest BCUT2D eigenvalue weighted by molar-refractivity contribution is -0.434. The Kier molecular flexibility index (Phi) is 5.80. The molecule has 0 atom stereocenters. The first-order valence-electron chi connectivity index (χ1n) is 6.13. The molecule has 0 spiro atoms. The smallest absolute Gasteiger partial charge is 0.475 e. The van der Waals surface area contributed by atoms with Crippen LogP contribution in [0.2, 0.25) is 19.6 Å². The molecule has 1 N–H and O–H groups in total. The van der Waals surface area contributed by atoms with Crippen molar-refractivity contribution >= 4 is 14.3 Å². The van der Waals surface area contributed by atoms with Crippen LogP contribution in [0.5, 0.6) is 0 Å². The Morgan fingerprint density at radius 1 is 0.955 bits per heavy atom. The van der Waals surface area contributed by atoms with Crippen LogP contribution in [-0.2, 0) is 8.85 Å². The summed E-state index contributed by atoms with van der Waals surface area (Å²) in [5, 5.41) is 9.68. The maximum Gasteiger partial charge on any atom is 0.475 e. The average molecular weight is 353 g/mol. The number of hydrogen-bond acceptors (Lipinski definition) is 2. The number of hydrogen-bond donors (Lipinski definition) is 1.